The zero-order valence-corrected chi connectivity index (χ0v) is 19.1. The number of carbonyl (C=O) groups is 3. The number of nitrogens with one attached hydrogen (secondary N) is 1. The van der Waals surface area contributed by atoms with Crippen molar-refractivity contribution in [2.75, 3.05) is 19.7 Å². The van der Waals surface area contributed by atoms with Gasteiger partial charge in [0.2, 0.25) is 0 Å². The smallest absolute Gasteiger partial charge is 0.407 e. The fraction of sp³-hybridized carbons (Fsp3) is 0.250. The third kappa shape index (κ3) is 4.49. The molecule has 1 aliphatic carbocycles. The number of alkyl carbamates (subject to hydrolysis) is 1. The predicted octanol–water partition coefficient (Wildman–Crippen LogP) is 4.07. The van der Waals surface area contributed by atoms with Gasteiger partial charge in [-0.2, -0.15) is 0 Å². The Hall–Kier alpha value is -4.13. The minimum absolute atomic E-state index is 0.0189. The molecule has 5 rings (SSSR count). The van der Waals surface area contributed by atoms with Gasteiger partial charge in [0.25, 0.3) is 5.91 Å². The first-order chi connectivity index (χ1) is 17.0. The van der Waals surface area contributed by atoms with Crippen LogP contribution < -0.4 is 5.32 Å². The van der Waals surface area contributed by atoms with Crippen molar-refractivity contribution in [3.63, 3.8) is 0 Å². The lowest BCUT2D eigenvalue weighted by Crippen LogP contribution is -2.55. The molecule has 7 heteroatoms. The molecule has 1 aliphatic heterocycles. The van der Waals surface area contributed by atoms with Crippen LogP contribution in [0.1, 0.15) is 39.4 Å². The molecule has 0 aromatic heterocycles. The second-order valence-electron chi connectivity index (χ2n) is 8.84. The molecule has 1 saturated heterocycles. The standard InChI is InChI=1S/C28H26N2O5/c31-26(30-16-14-25(30)27(32)33)19-11-9-18(10-12-19)13-15-29-28(34)35-17-24-22-7-3-1-5-20(22)21-6-2-4-8-23(21)24/h1-12,24-25H,13-17H2,(H,29,34)(H,32,33). The van der Waals surface area contributed by atoms with E-state index in [2.05, 4.69) is 29.6 Å². The van der Waals surface area contributed by atoms with Crippen LogP contribution in [0.5, 0.6) is 0 Å². The Morgan fingerprint density at radius 1 is 0.914 bits per heavy atom. The van der Waals surface area contributed by atoms with Gasteiger partial charge in [0.15, 0.2) is 0 Å². The second kappa shape index (κ2) is 9.62. The normalized spacial score (nSPS) is 16.1. The van der Waals surface area contributed by atoms with E-state index in [-0.39, 0.29) is 18.4 Å². The number of benzene rings is 3. The highest BCUT2D eigenvalue weighted by molar-refractivity contribution is 5.97. The van der Waals surface area contributed by atoms with Crippen molar-refractivity contribution in [1.82, 2.24) is 10.2 Å². The van der Waals surface area contributed by atoms with Gasteiger partial charge in [0.1, 0.15) is 12.6 Å². The van der Waals surface area contributed by atoms with Crippen LogP contribution in [0.15, 0.2) is 72.8 Å². The molecule has 1 heterocycles. The third-order valence-electron chi connectivity index (χ3n) is 6.79. The van der Waals surface area contributed by atoms with Gasteiger partial charge >= 0.3 is 12.1 Å². The molecule has 178 valence electrons. The number of carbonyl (C=O) groups excluding carboxylic acids is 2. The van der Waals surface area contributed by atoms with Gasteiger partial charge in [-0.25, -0.2) is 9.59 Å². The first-order valence-electron chi connectivity index (χ1n) is 11.7. The molecule has 2 N–H and O–H groups in total. The van der Waals surface area contributed by atoms with Gasteiger partial charge < -0.3 is 20.1 Å². The van der Waals surface area contributed by atoms with Crippen LogP contribution in [0.2, 0.25) is 0 Å². The number of carboxylic acids is 1. The number of rotatable bonds is 7. The number of ether oxygens (including phenoxy) is 1. The molecule has 0 spiro atoms. The van der Waals surface area contributed by atoms with Crippen molar-refractivity contribution < 1.29 is 24.2 Å². The van der Waals surface area contributed by atoms with Gasteiger partial charge in [-0.05, 0) is 52.8 Å². The molecule has 1 fully saturated rings. The van der Waals surface area contributed by atoms with Crippen LogP contribution in [-0.4, -0.2) is 53.7 Å². The highest BCUT2D eigenvalue weighted by Gasteiger charge is 2.37. The van der Waals surface area contributed by atoms with E-state index in [9.17, 15) is 14.4 Å². The van der Waals surface area contributed by atoms with E-state index in [0.29, 0.717) is 31.5 Å². The summed E-state index contributed by atoms with van der Waals surface area (Å²) < 4.78 is 5.55. The monoisotopic (exact) mass is 470 g/mol. The molecular weight excluding hydrogens is 444 g/mol. The first kappa shape index (κ1) is 22.7. The summed E-state index contributed by atoms with van der Waals surface area (Å²) in [6, 6.07) is 22.7. The summed E-state index contributed by atoms with van der Waals surface area (Å²) in [6.45, 7) is 1.13. The van der Waals surface area contributed by atoms with Gasteiger partial charge in [-0.3, -0.25) is 4.79 Å². The minimum atomic E-state index is -0.972. The van der Waals surface area contributed by atoms with Crippen LogP contribution in [0.4, 0.5) is 4.79 Å². The Morgan fingerprint density at radius 2 is 1.54 bits per heavy atom. The number of hydrogen-bond donors (Lipinski definition) is 2. The zero-order chi connectivity index (χ0) is 24.4. The highest BCUT2D eigenvalue weighted by atomic mass is 16.5. The summed E-state index contributed by atoms with van der Waals surface area (Å²) in [7, 11) is 0. The van der Waals surface area contributed by atoms with Crippen LogP contribution in [-0.2, 0) is 16.0 Å². The van der Waals surface area contributed by atoms with Crippen molar-refractivity contribution in [2.24, 2.45) is 0 Å². The SMILES string of the molecule is O=C(NCCc1ccc(C(=O)N2CCC2C(=O)O)cc1)OCC1c2ccccc2-c2ccccc21. The largest absolute Gasteiger partial charge is 0.480 e. The van der Waals surface area contributed by atoms with E-state index in [1.165, 1.54) is 27.2 Å². The Balaban J connectivity index is 1.11. The summed E-state index contributed by atoms with van der Waals surface area (Å²) >= 11 is 0. The molecule has 0 bridgehead atoms. The Labute approximate surface area is 203 Å². The molecule has 3 aromatic rings. The fourth-order valence-corrected chi connectivity index (χ4v) is 4.83. The first-order valence-corrected chi connectivity index (χ1v) is 11.7. The minimum Gasteiger partial charge on any atom is -0.480 e. The molecule has 1 unspecified atom stereocenters. The lowest BCUT2D eigenvalue weighted by Gasteiger charge is -2.37. The van der Waals surface area contributed by atoms with Gasteiger partial charge in [-0.1, -0.05) is 60.7 Å². The van der Waals surface area contributed by atoms with E-state index in [1.807, 2.05) is 36.4 Å². The van der Waals surface area contributed by atoms with Gasteiger partial charge in [0.05, 0.1) is 0 Å². The lowest BCUT2D eigenvalue weighted by molar-refractivity contribution is -0.146. The Morgan fingerprint density at radius 3 is 2.11 bits per heavy atom. The quantitative estimate of drug-likeness (QED) is 0.543. The molecule has 2 aliphatic rings. The van der Waals surface area contributed by atoms with Crippen molar-refractivity contribution in [3.05, 3.63) is 95.1 Å². The van der Waals surface area contributed by atoms with Crippen LogP contribution in [0.25, 0.3) is 11.1 Å². The number of carboxylic acid groups (broad SMARTS) is 1. The molecule has 1 atom stereocenters. The summed E-state index contributed by atoms with van der Waals surface area (Å²) in [5.41, 5.74) is 6.13. The van der Waals surface area contributed by atoms with Crippen molar-refractivity contribution in [3.8, 4) is 11.1 Å². The average molecular weight is 471 g/mol. The number of fused-ring (bicyclic) bond motifs is 3. The summed E-state index contributed by atoms with van der Waals surface area (Å²) in [6.07, 6.45) is 0.608. The molecule has 3 aromatic carbocycles. The van der Waals surface area contributed by atoms with Gasteiger partial charge in [0, 0.05) is 24.6 Å². The molecule has 0 radical (unpaired) electrons. The van der Waals surface area contributed by atoms with E-state index < -0.39 is 18.1 Å². The summed E-state index contributed by atoms with van der Waals surface area (Å²) in [4.78, 5) is 37.3. The van der Waals surface area contributed by atoms with E-state index in [1.54, 1.807) is 12.1 Å². The Bertz CT molecular complexity index is 1220. The van der Waals surface area contributed by atoms with E-state index >= 15 is 0 Å². The summed E-state index contributed by atoms with van der Waals surface area (Å²) in [5.74, 6) is -1.22. The lowest BCUT2D eigenvalue weighted by atomic mass is 9.98. The Kier molecular flexibility index (Phi) is 6.23. The second-order valence-corrected chi connectivity index (χ2v) is 8.84. The van der Waals surface area contributed by atoms with Crippen LogP contribution in [0, 0.1) is 0 Å². The molecule has 2 amide bonds. The number of amides is 2. The topological polar surface area (TPSA) is 95.9 Å². The third-order valence-corrected chi connectivity index (χ3v) is 6.79. The molecule has 7 nitrogen and oxygen atoms in total. The summed E-state index contributed by atoms with van der Waals surface area (Å²) in [5, 5.41) is 11.9. The van der Waals surface area contributed by atoms with Crippen molar-refractivity contribution >= 4 is 18.0 Å². The predicted molar refractivity (Wildman–Crippen MR) is 130 cm³/mol. The van der Waals surface area contributed by atoms with Crippen LogP contribution >= 0.6 is 0 Å². The maximum absolute atomic E-state index is 12.5. The maximum atomic E-state index is 12.5. The number of hydrogen-bond acceptors (Lipinski definition) is 4. The van der Waals surface area contributed by atoms with Crippen LogP contribution in [0.3, 0.4) is 0 Å². The molecular formula is C28H26N2O5. The zero-order valence-electron chi connectivity index (χ0n) is 19.1. The number of nitrogens with zero attached hydrogens (tertiary/aromatic N) is 1. The van der Waals surface area contributed by atoms with Crippen molar-refractivity contribution in [1.29, 1.82) is 0 Å². The molecule has 35 heavy (non-hydrogen) atoms. The molecule has 0 saturated carbocycles. The number of aliphatic carboxylic acids is 1. The fourth-order valence-electron chi connectivity index (χ4n) is 4.83. The van der Waals surface area contributed by atoms with Crippen molar-refractivity contribution in [2.45, 2.75) is 24.8 Å². The average Bonchev–Trinajstić information content (AvgIpc) is 3.16. The highest BCUT2D eigenvalue weighted by Crippen LogP contribution is 2.44. The van der Waals surface area contributed by atoms with E-state index in [0.717, 1.165) is 5.56 Å². The van der Waals surface area contributed by atoms with E-state index in [4.69, 9.17) is 9.84 Å². The number of likely N-dealkylation sites (tertiary alicyclic amines) is 1. The maximum Gasteiger partial charge on any atom is 0.407 e. The van der Waals surface area contributed by atoms with Gasteiger partial charge in [-0.15, -0.1) is 0 Å².